The van der Waals surface area contributed by atoms with E-state index in [9.17, 15) is 4.39 Å². The highest BCUT2D eigenvalue weighted by molar-refractivity contribution is 5.81. The zero-order chi connectivity index (χ0) is 29.7. The van der Waals surface area contributed by atoms with Crippen LogP contribution in [0.2, 0.25) is 0 Å². The van der Waals surface area contributed by atoms with Crippen molar-refractivity contribution < 1.29 is 8.78 Å². The first kappa shape index (κ1) is 29.5. The van der Waals surface area contributed by atoms with Crippen molar-refractivity contribution in [3.8, 4) is 0 Å². The molecule has 2 aromatic rings. The molecule has 0 saturated heterocycles. The lowest BCUT2D eigenvalue weighted by molar-refractivity contribution is 0.356. The van der Waals surface area contributed by atoms with Crippen molar-refractivity contribution in [3.05, 3.63) is 155 Å². The van der Waals surface area contributed by atoms with E-state index in [0.29, 0.717) is 27.9 Å². The van der Waals surface area contributed by atoms with Gasteiger partial charge in [0.1, 0.15) is 17.0 Å². The van der Waals surface area contributed by atoms with Crippen LogP contribution in [0.4, 0.5) is 8.78 Å². The Morgan fingerprint density at radius 2 is 1.71 bits per heavy atom. The summed E-state index contributed by atoms with van der Waals surface area (Å²) in [5, 5.41) is 7.73. The van der Waals surface area contributed by atoms with Gasteiger partial charge >= 0.3 is 0 Å². The molecule has 0 unspecified atom stereocenters. The van der Waals surface area contributed by atoms with Crippen LogP contribution < -0.4 is 21.2 Å². The van der Waals surface area contributed by atoms with Crippen LogP contribution in [0.1, 0.15) is 51.2 Å². The van der Waals surface area contributed by atoms with E-state index >= 15 is 4.39 Å². The van der Waals surface area contributed by atoms with Crippen molar-refractivity contribution in [1.82, 2.24) is 10.6 Å². The van der Waals surface area contributed by atoms with E-state index < -0.39 is 0 Å². The molecule has 0 aromatic heterocycles. The number of benzene rings is 2. The summed E-state index contributed by atoms with van der Waals surface area (Å²) < 4.78 is 28.6. The number of nitrogens with one attached hydrogen (secondary N) is 2. The molecule has 1 aliphatic carbocycles. The number of hydrogen-bond acceptors (Lipinski definition) is 3. The fourth-order valence-electron chi connectivity index (χ4n) is 4.87. The first-order valence-electron chi connectivity index (χ1n) is 13.8. The summed E-state index contributed by atoms with van der Waals surface area (Å²) in [7, 11) is 0. The van der Waals surface area contributed by atoms with E-state index in [4.69, 9.17) is 0 Å². The van der Waals surface area contributed by atoms with E-state index in [0.717, 1.165) is 57.8 Å². The van der Waals surface area contributed by atoms with Gasteiger partial charge in [-0.15, -0.1) is 0 Å². The van der Waals surface area contributed by atoms with Gasteiger partial charge in [0.05, 0.1) is 11.4 Å². The molecular weight excluding hydrogens is 512 g/mol. The summed E-state index contributed by atoms with van der Waals surface area (Å²) in [4.78, 5) is 4.43. The van der Waals surface area contributed by atoms with Crippen LogP contribution >= 0.6 is 0 Å². The van der Waals surface area contributed by atoms with Gasteiger partial charge in [0.25, 0.3) is 0 Å². The zero-order valence-corrected chi connectivity index (χ0v) is 24.1. The third-order valence-electron chi connectivity index (χ3n) is 7.65. The molecular formula is C36H37F2N3. The van der Waals surface area contributed by atoms with Crippen LogP contribution in [0.25, 0.3) is 16.8 Å². The fourth-order valence-corrected chi connectivity index (χ4v) is 4.87. The maximum Gasteiger partial charge on any atom is 0.150 e. The number of halogens is 2. The smallest absolute Gasteiger partial charge is 0.150 e. The predicted octanol–water partition coefficient (Wildman–Crippen LogP) is 7.75. The number of rotatable bonds is 12. The molecule has 0 bridgehead atoms. The lowest BCUT2D eigenvalue weighted by Crippen LogP contribution is -2.40. The monoisotopic (exact) mass is 549 g/mol. The van der Waals surface area contributed by atoms with Crippen LogP contribution in [-0.2, 0) is 0 Å². The third-order valence-corrected chi connectivity index (χ3v) is 7.65. The molecule has 1 heterocycles. The SMILES string of the molecule is C=C/C=C(\C(C)=C(/C)NC(=C)C1=c2cc(C(/C=C(\C=C)NC(=C)C3CCC3)=C/C)cc(F)c2=N1)c1ccc(F)cc1. The average Bonchev–Trinajstić information content (AvgIpc) is 2.90. The van der Waals surface area contributed by atoms with Gasteiger partial charge in [-0.3, -0.25) is 0 Å². The van der Waals surface area contributed by atoms with Crippen molar-refractivity contribution in [2.24, 2.45) is 10.9 Å². The van der Waals surface area contributed by atoms with Crippen LogP contribution in [0.5, 0.6) is 0 Å². The van der Waals surface area contributed by atoms with Crippen LogP contribution in [0.3, 0.4) is 0 Å². The Morgan fingerprint density at radius 3 is 2.29 bits per heavy atom. The van der Waals surface area contributed by atoms with Crippen LogP contribution in [0, 0.1) is 17.6 Å². The molecule has 3 nitrogen and oxygen atoms in total. The molecule has 0 spiro atoms. The second-order valence-electron chi connectivity index (χ2n) is 10.3. The maximum absolute atomic E-state index is 15.1. The first-order chi connectivity index (χ1) is 19.7. The minimum atomic E-state index is -0.384. The number of fused-ring (bicyclic) bond motifs is 1. The molecule has 5 heteroatoms. The van der Waals surface area contributed by atoms with E-state index in [1.54, 1.807) is 24.3 Å². The summed E-state index contributed by atoms with van der Waals surface area (Å²) in [6, 6.07) is 9.77. The Morgan fingerprint density at radius 1 is 1.00 bits per heavy atom. The number of allylic oxidation sites excluding steroid dienone is 10. The zero-order valence-electron chi connectivity index (χ0n) is 24.1. The Labute approximate surface area is 241 Å². The molecule has 1 saturated carbocycles. The highest BCUT2D eigenvalue weighted by atomic mass is 19.1. The highest BCUT2D eigenvalue weighted by Gasteiger charge is 2.21. The lowest BCUT2D eigenvalue weighted by Gasteiger charge is -2.28. The molecule has 0 atom stereocenters. The van der Waals surface area contributed by atoms with Crippen molar-refractivity contribution in [2.75, 3.05) is 0 Å². The Balaban J connectivity index is 1.61. The van der Waals surface area contributed by atoms with Gasteiger partial charge in [-0.05, 0) is 104 Å². The summed E-state index contributed by atoms with van der Waals surface area (Å²) in [6.07, 6.45) is 12.8. The maximum atomic E-state index is 15.1. The van der Waals surface area contributed by atoms with Gasteiger partial charge in [0, 0.05) is 22.3 Å². The minimum Gasteiger partial charge on any atom is -0.359 e. The van der Waals surface area contributed by atoms with Gasteiger partial charge in [-0.1, -0.05) is 63.1 Å². The number of hydrogen-bond donors (Lipinski definition) is 2. The quantitative estimate of drug-likeness (QED) is 0.266. The third kappa shape index (κ3) is 6.46. The summed E-state index contributed by atoms with van der Waals surface area (Å²) in [5.74, 6) is -0.193. The fraction of sp³-hybridized carbons (Fsp3) is 0.194. The standard InChI is InChI=1S/C36H37F2N3/c1-8-12-32(28-15-17-30(37)18-16-28)22(4)23(5)39-25(7)35-33-20-29(21-34(38)36(33)41-35)26(9-2)19-31(10-3)40-24(6)27-13-11-14-27/h8-10,12,15-21,27,39-40H,1,3,6-7,11,13-14H2,2,4-5H3/b23-22+,26-9+,31-19+,32-12+. The molecule has 2 aromatic carbocycles. The van der Waals surface area contributed by atoms with E-state index in [1.807, 2.05) is 45.1 Å². The first-order valence-corrected chi connectivity index (χ1v) is 13.8. The number of nitrogens with zero attached hydrogens (tertiary/aromatic N) is 1. The van der Waals surface area contributed by atoms with E-state index in [-0.39, 0.29) is 11.6 Å². The van der Waals surface area contributed by atoms with Crippen molar-refractivity contribution >= 4 is 16.8 Å². The molecule has 1 aliphatic heterocycles. The topological polar surface area (TPSA) is 36.4 Å². The van der Waals surface area contributed by atoms with Gasteiger partial charge in [0.2, 0.25) is 0 Å². The van der Waals surface area contributed by atoms with Gasteiger partial charge in [-0.25, -0.2) is 13.8 Å². The van der Waals surface area contributed by atoms with Crippen LogP contribution in [0.15, 0.2) is 126 Å². The van der Waals surface area contributed by atoms with Gasteiger partial charge in [-0.2, -0.15) is 0 Å². The second-order valence-corrected chi connectivity index (χ2v) is 10.3. The molecule has 41 heavy (non-hydrogen) atoms. The molecule has 0 radical (unpaired) electrons. The lowest BCUT2D eigenvalue weighted by atomic mass is 9.83. The largest absolute Gasteiger partial charge is 0.359 e. The summed E-state index contributed by atoms with van der Waals surface area (Å²) in [5.41, 5.74) is 8.10. The predicted molar refractivity (Wildman–Crippen MR) is 167 cm³/mol. The molecule has 2 aliphatic rings. The second kappa shape index (κ2) is 12.8. The van der Waals surface area contributed by atoms with Gasteiger partial charge in [0.15, 0.2) is 0 Å². The molecule has 0 amide bonds. The molecule has 1 fully saturated rings. The Kier molecular flexibility index (Phi) is 9.18. The van der Waals surface area contributed by atoms with Crippen molar-refractivity contribution in [1.29, 1.82) is 0 Å². The molecule has 210 valence electrons. The van der Waals surface area contributed by atoms with E-state index in [1.165, 1.54) is 24.6 Å². The normalized spacial score (nSPS) is 15.9. The molecule has 4 rings (SSSR count). The Bertz CT molecular complexity index is 1660. The van der Waals surface area contributed by atoms with Crippen LogP contribution in [-0.4, -0.2) is 0 Å². The Hall–Kier alpha value is -4.51. The van der Waals surface area contributed by atoms with Crippen molar-refractivity contribution in [2.45, 2.75) is 40.0 Å². The minimum absolute atomic E-state index is 0.294. The van der Waals surface area contributed by atoms with Gasteiger partial charge < -0.3 is 10.6 Å². The average molecular weight is 550 g/mol. The molecule has 2 N–H and O–H groups in total. The van der Waals surface area contributed by atoms with E-state index in [2.05, 4.69) is 41.9 Å². The van der Waals surface area contributed by atoms with Crippen molar-refractivity contribution in [3.63, 3.8) is 0 Å². The summed E-state index contributed by atoms with van der Waals surface area (Å²) in [6.45, 7) is 22.0. The highest BCUT2D eigenvalue weighted by Crippen LogP contribution is 2.31. The summed E-state index contributed by atoms with van der Waals surface area (Å²) >= 11 is 0.